The summed E-state index contributed by atoms with van der Waals surface area (Å²) in [4.78, 5) is 28.0. The molecular weight excluding hydrogens is 388 g/mol. The van der Waals surface area contributed by atoms with Crippen molar-refractivity contribution >= 4 is 16.8 Å². The number of hydrogen-bond donors (Lipinski definition) is 1. The topological polar surface area (TPSA) is 80.8 Å². The number of ketones is 1. The van der Waals surface area contributed by atoms with E-state index in [9.17, 15) is 4.79 Å². The number of aryl methyl sites for hydroxylation is 1. The zero-order valence-corrected chi connectivity index (χ0v) is 19.4. The molecule has 164 valence electrons. The van der Waals surface area contributed by atoms with Crippen LogP contribution in [-0.4, -0.2) is 25.7 Å². The Bertz CT molecular complexity index is 1020. The van der Waals surface area contributed by atoms with E-state index in [4.69, 9.17) is 4.74 Å². The number of benzene rings is 2. The van der Waals surface area contributed by atoms with E-state index in [-0.39, 0.29) is 5.78 Å². The fraction of sp³-hybridized carbons (Fsp3) is 0.280. The van der Waals surface area contributed by atoms with Gasteiger partial charge < -0.3 is 9.72 Å². The lowest BCUT2D eigenvalue weighted by Crippen LogP contribution is -2.03. The third-order valence-electron chi connectivity index (χ3n) is 3.78. The molecule has 0 radical (unpaired) electrons. The molecule has 4 aromatic rings. The molecule has 4 rings (SSSR count). The highest BCUT2D eigenvalue weighted by atomic mass is 16.5. The normalized spacial score (nSPS) is 9.26. The molecule has 6 heteroatoms. The number of fused-ring (bicyclic) bond motifs is 1. The van der Waals surface area contributed by atoms with Crippen molar-refractivity contribution in [3.8, 4) is 11.6 Å². The van der Waals surface area contributed by atoms with Gasteiger partial charge in [0.2, 0.25) is 11.7 Å². The van der Waals surface area contributed by atoms with Crippen molar-refractivity contribution in [3.05, 3.63) is 78.0 Å². The zero-order valence-electron chi connectivity index (χ0n) is 19.4. The lowest BCUT2D eigenvalue weighted by molar-refractivity contribution is 0.103. The molecule has 0 saturated heterocycles. The van der Waals surface area contributed by atoms with Crippen LogP contribution in [0.1, 0.15) is 63.3 Å². The van der Waals surface area contributed by atoms with E-state index in [1.165, 1.54) is 6.33 Å². The molecule has 2 aromatic carbocycles. The Morgan fingerprint density at radius 2 is 1.55 bits per heavy atom. The number of carbonyl (C=O) groups is 1. The molecule has 0 fully saturated rings. The first-order valence-corrected chi connectivity index (χ1v) is 10.7. The maximum atomic E-state index is 12.6. The Morgan fingerprint density at radius 1 is 0.903 bits per heavy atom. The second-order valence-corrected chi connectivity index (χ2v) is 5.57. The van der Waals surface area contributed by atoms with Crippen LogP contribution in [0, 0.1) is 6.92 Å². The molecule has 0 atom stereocenters. The summed E-state index contributed by atoms with van der Waals surface area (Å²) in [6.45, 7) is 13.9. The molecule has 0 bridgehead atoms. The number of H-pyrrole nitrogens is 1. The average Bonchev–Trinajstić information content (AvgIpc) is 3.29. The second-order valence-electron chi connectivity index (χ2n) is 5.57. The molecule has 0 saturated carbocycles. The van der Waals surface area contributed by atoms with Gasteiger partial charge in [-0.1, -0.05) is 53.7 Å². The van der Waals surface area contributed by atoms with Gasteiger partial charge in [0.1, 0.15) is 12.1 Å². The van der Waals surface area contributed by atoms with Crippen molar-refractivity contribution in [2.45, 2.75) is 48.5 Å². The van der Waals surface area contributed by atoms with Crippen LogP contribution in [-0.2, 0) is 0 Å². The number of aromatic nitrogens is 4. The van der Waals surface area contributed by atoms with Gasteiger partial charge in [-0.25, -0.2) is 15.0 Å². The summed E-state index contributed by atoms with van der Waals surface area (Å²) in [5.41, 5.74) is 2.98. The van der Waals surface area contributed by atoms with Gasteiger partial charge in [0, 0.05) is 17.3 Å². The van der Waals surface area contributed by atoms with Crippen molar-refractivity contribution < 1.29 is 9.53 Å². The number of carbonyl (C=O) groups excluding carboxylic acids is 1. The van der Waals surface area contributed by atoms with Crippen molar-refractivity contribution in [1.82, 2.24) is 19.9 Å². The molecule has 6 nitrogen and oxygen atoms in total. The molecule has 0 aliphatic carbocycles. The van der Waals surface area contributed by atoms with Gasteiger partial charge in [0.15, 0.2) is 5.82 Å². The number of ether oxygens (including phenoxy) is 1. The minimum Gasteiger partial charge on any atom is -0.439 e. The highest BCUT2D eigenvalue weighted by molar-refractivity contribution is 6.08. The van der Waals surface area contributed by atoms with Gasteiger partial charge in [-0.05, 0) is 43.3 Å². The molecule has 0 amide bonds. The summed E-state index contributed by atoms with van der Waals surface area (Å²) in [6.07, 6.45) is 3.11. The van der Waals surface area contributed by atoms with Crippen LogP contribution in [0.4, 0.5) is 0 Å². The van der Waals surface area contributed by atoms with Gasteiger partial charge >= 0.3 is 0 Å². The maximum Gasteiger partial charge on any atom is 0.228 e. The number of para-hydroxylation sites is 2. The Hall–Kier alpha value is -3.54. The Kier molecular flexibility index (Phi) is 11.2. The first-order chi connectivity index (χ1) is 15.2. The zero-order chi connectivity index (χ0) is 23.2. The monoisotopic (exact) mass is 420 g/mol. The van der Waals surface area contributed by atoms with Crippen molar-refractivity contribution in [3.63, 3.8) is 0 Å². The third-order valence-corrected chi connectivity index (χ3v) is 3.78. The summed E-state index contributed by atoms with van der Waals surface area (Å²) in [5, 5.41) is 0. The second kappa shape index (κ2) is 13.6. The molecule has 1 N–H and O–H groups in total. The smallest absolute Gasteiger partial charge is 0.228 e. The lowest BCUT2D eigenvalue weighted by atomic mass is 10.1. The van der Waals surface area contributed by atoms with Gasteiger partial charge in [0.05, 0.1) is 11.0 Å². The van der Waals surface area contributed by atoms with E-state index in [1.54, 1.807) is 30.5 Å². The Balaban J connectivity index is 0.000000739. The van der Waals surface area contributed by atoms with Crippen LogP contribution in [0.25, 0.3) is 11.0 Å². The molecule has 2 aromatic heterocycles. The van der Waals surface area contributed by atoms with Crippen LogP contribution in [0.2, 0.25) is 0 Å². The first-order valence-electron chi connectivity index (χ1n) is 10.7. The first kappa shape index (κ1) is 25.5. The SMILES string of the molecule is CC.CC.CC.Cc1cncnc1Oc1ccc(C(=O)c2nc3ccccc3[nH]2)cc1. The van der Waals surface area contributed by atoms with Crippen LogP contribution in [0.3, 0.4) is 0 Å². The number of rotatable bonds is 4. The van der Waals surface area contributed by atoms with E-state index in [0.717, 1.165) is 16.6 Å². The summed E-state index contributed by atoms with van der Waals surface area (Å²) in [7, 11) is 0. The standard InChI is InChI=1S/C19H14N4O2.3C2H6/c1-12-10-20-11-21-19(12)25-14-8-6-13(7-9-14)17(24)18-22-15-4-2-3-5-16(15)23-18;3*1-2/h2-11H,1H3,(H,22,23);3*1-2H3. The predicted octanol–water partition coefficient (Wildman–Crippen LogP) is 6.76. The summed E-state index contributed by atoms with van der Waals surface area (Å²) in [5.74, 6) is 1.25. The fourth-order valence-corrected chi connectivity index (χ4v) is 2.48. The number of nitrogens with one attached hydrogen (secondary N) is 1. The molecule has 0 spiro atoms. The van der Waals surface area contributed by atoms with Crippen molar-refractivity contribution in [2.24, 2.45) is 0 Å². The fourth-order valence-electron chi connectivity index (χ4n) is 2.48. The maximum absolute atomic E-state index is 12.6. The minimum atomic E-state index is -0.166. The largest absolute Gasteiger partial charge is 0.439 e. The highest BCUT2D eigenvalue weighted by Crippen LogP contribution is 2.23. The molecule has 2 heterocycles. The van der Waals surface area contributed by atoms with Crippen LogP contribution >= 0.6 is 0 Å². The minimum absolute atomic E-state index is 0.166. The number of nitrogens with zero attached hydrogens (tertiary/aromatic N) is 3. The Morgan fingerprint density at radius 3 is 2.16 bits per heavy atom. The van der Waals surface area contributed by atoms with E-state index < -0.39 is 0 Å². The van der Waals surface area contributed by atoms with Crippen molar-refractivity contribution in [1.29, 1.82) is 0 Å². The van der Waals surface area contributed by atoms with Gasteiger partial charge in [-0.15, -0.1) is 0 Å². The van der Waals surface area contributed by atoms with Crippen LogP contribution < -0.4 is 4.74 Å². The number of imidazole rings is 1. The third kappa shape index (κ3) is 6.74. The number of hydrogen-bond acceptors (Lipinski definition) is 5. The molecule has 0 unspecified atom stereocenters. The van der Waals surface area contributed by atoms with E-state index >= 15 is 0 Å². The number of aromatic amines is 1. The van der Waals surface area contributed by atoms with Crippen molar-refractivity contribution in [2.75, 3.05) is 0 Å². The average molecular weight is 421 g/mol. The van der Waals surface area contributed by atoms with Gasteiger partial charge in [-0.3, -0.25) is 4.79 Å². The predicted molar refractivity (Wildman–Crippen MR) is 127 cm³/mol. The lowest BCUT2D eigenvalue weighted by Gasteiger charge is -2.07. The molecule has 0 aliphatic rings. The van der Waals surface area contributed by atoms with Gasteiger partial charge in [-0.2, -0.15) is 0 Å². The quantitative estimate of drug-likeness (QED) is 0.369. The molecular formula is C25H32N4O2. The van der Waals surface area contributed by atoms with Crippen LogP contribution in [0.15, 0.2) is 61.1 Å². The van der Waals surface area contributed by atoms with E-state index in [0.29, 0.717) is 23.0 Å². The highest BCUT2D eigenvalue weighted by Gasteiger charge is 2.14. The summed E-state index contributed by atoms with van der Waals surface area (Å²) < 4.78 is 5.71. The van der Waals surface area contributed by atoms with E-state index in [1.807, 2.05) is 72.7 Å². The van der Waals surface area contributed by atoms with Gasteiger partial charge in [0.25, 0.3) is 0 Å². The summed E-state index contributed by atoms with van der Waals surface area (Å²) >= 11 is 0. The Labute approximate surface area is 184 Å². The van der Waals surface area contributed by atoms with E-state index in [2.05, 4.69) is 19.9 Å². The molecule has 0 aliphatic heterocycles. The molecule has 31 heavy (non-hydrogen) atoms. The summed E-state index contributed by atoms with van der Waals surface area (Å²) in [6, 6.07) is 14.4. The van der Waals surface area contributed by atoms with Crippen LogP contribution in [0.5, 0.6) is 11.6 Å².